The smallest absolute Gasteiger partial charge is 0.407 e. The van der Waals surface area contributed by atoms with Gasteiger partial charge in [-0.15, -0.1) is 0 Å². The van der Waals surface area contributed by atoms with Crippen molar-refractivity contribution in [1.29, 1.82) is 0 Å². The summed E-state index contributed by atoms with van der Waals surface area (Å²) in [4.78, 5) is 42.0. The first-order valence-corrected chi connectivity index (χ1v) is 13.5. The van der Waals surface area contributed by atoms with Crippen LogP contribution in [0.3, 0.4) is 0 Å². The second kappa shape index (κ2) is 16.0. The van der Waals surface area contributed by atoms with E-state index in [0.29, 0.717) is 38.1 Å². The molecule has 2 atom stereocenters. The van der Waals surface area contributed by atoms with Gasteiger partial charge in [0.15, 0.2) is 5.69 Å². The van der Waals surface area contributed by atoms with Gasteiger partial charge in [0.2, 0.25) is 5.89 Å². The quantitative estimate of drug-likeness (QED) is 0.183. The normalized spacial score (nSPS) is 12.4. The predicted octanol–water partition coefficient (Wildman–Crippen LogP) is 4.66. The average molecular weight is 551 g/mol. The van der Waals surface area contributed by atoms with E-state index in [9.17, 15) is 14.4 Å². The lowest BCUT2D eigenvalue weighted by Gasteiger charge is -2.17. The van der Waals surface area contributed by atoms with Gasteiger partial charge in [0, 0.05) is 6.54 Å². The van der Waals surface area contributed by atoms with Crippen LogP contribution in [0.15, 0.2) is 71.3 Å². The molecule has 3 aromatic rings. The van der Waals surface area contributed by atoms with E-state index in [-0.39, 0.29) is 24.8 Å². The highest BCUT2D eigenvalue weighted by Gasteiger charge is 2.25. The largest absolute Gasteiger partial charge is 0.459 e. The molecule has 2 aromatic carbocycles. The van der Waals surface area contributed by atoms with Gasteiger partial charge in [0.05, 0.1) is 6.04 Å². The monoisotopic (exact) mass is 550 g/mol. The molecule has 40 heavy (non-hydrogen) atoms. The maximum atomic E-state index is 12.9. The zero-order chi connectivity index (χ0) is 28.7. The summed E-state index contributed by atoms with van der Waals surface area (Å²) in [5.74, 6) is -0.515. The number of oxazole rings is 1. The summed E-state index contributed by atoms with van der Waals surface area (Å²) < 4.78 is 16.1. The molecule has 10 nitrogen and oxygen atoms in total. The number of hydrogen-bond acceptors (Lipinski definition) is 8. The number of carbonyl (C=O) groups excluding carboxylic acids is 3. The summed E-state index contributed by atoms with van der Waals surface area (Å²) in [6.07, 6.45) is 2.78. The number of nitrogens with two attached hydrogens (primary N) is 1. The fourth-order valence-corrected chi connectivity index (χ4v) is 3.92. The predicted molar refractivity (Wildman–Crippen MR) is 149 cm³/mol. The number of ether oxygens (including phenoxy) is 2. The molecule has 214 valence electrons. The van der Waals surface area contributed by atoms with Crippen LogP contribution in [0.25, 0.3) is 0 Å². The minimum Gasteiger partial charge on any atom is -0.459 e. The van der Waals surface area contributed by atoms with Gasteiger partial charge in [0.1, 0.15) is 25.5 Å². The molecule has 1 heterocycles. The van der Waals surface area contributed by atoms with E-state index in [4.69, 9.17) is 19.6 Å². The van der Waals surface area contributed by atoms with Crippen molar-refractivity contribution in [2.24, 2.45) is 11.7 Å². The molecule has 0 aliphatic carbocycles. The van der Waals surface area contributed by atoms with Gasteiger partial charge >= 0.3 is 12.1 Å². The van der Waals surface area contributed by atoms with Gasteiger partial charge in [0.25, 0.3) is 5.91 Å². The first-order chi connectivity index (χ1) is 19.3. The van der Waals surface area contributed by atoms with Crippen molar-refractivity contribution in [3.05, 3.63) is 89.6 Å². The number of unbranched alkanes of at least 4 members (excludes halogenated alkanes) is 1. The van der Waals surface area contributed by atoms with Crippen molar-refractivity contribution in [2.45, 2.75) is 64.8 Å². The molecule has 0 radical (unpaired) electrons. The standard InChI is InChI=1S/C30H38N4O6/c1-21(2)17-24(31)28-34-26(20-38-28)27(35)33-25(29(36)39-18-22-11-5-3-6-12-22)15-9-10-16-32-30(37)40-19-23-13-7-4-8-14-23/h3-8,11-14,20-21,24-25H,9-10,15-19,31H2,1-2H3,(H,32,37)(H,33,35). The van der Waals surface area contributed by atoms with Crippen LogP contribution in [0.1, 0.15) is 73.1 Å². The fraction of sp³-hybridized carbons (Fsp3) is 0.400. The second-order valence-corrected chi connectivity index (χ2v) is 9.91. The Hall–Kier alpha value is -4.18. The van der Waals surface area contributed by atoms with Crippen LogP contribution >= 0.6 is 0 Å². The Morgan fingerprint density at radius 2 is 1.55 bits per heavy atom. The topological polar surface area (TPSA) is 146 Å². The Labute approximate surface area is 234 Å². The van der Waals surface area contributed by atoms with Crippen molar-refractivity contribution in [1.82, 2.24) is 15.6 Å². The molecule has 0 bridgehead atoms. The first kappa shape index (κ1) is 30.4. The number of amides is 2. The Kier molecular flexibility index (Phi) is 12.2. The number of benzene rings is 2. The first-order valence-electron chi connectivity index (χ1n) is 13.5. The molecule has 0 aliphatic rings. The summed E-state index contributed by atoms with van der Waals surface area (Å²) in [5, 5.41) is 5.41. The lowest BCUT2D eigenvalue weighted by atomic mass is 10.0. The van der Waals surface area contributed by atoms with Crippen molar-refractivity contribution in [2.75, 3.05) is 6.54 Å². The third-order valence-corrected chi connectivity index (χ3v) is 6.01. The second-order valence-electron chi connectivity index (χ2n) is 9.91. The number of alkyl carbamates (subject to hydrolysis) is 1. The number of aromatic nitrogens is 1. The van der Waals surface area contributed by atoms with E-state index < -0.39 is 30.1 Å². The molecule has 2 amide bonds. The molecule has 0 aliphatic heterocycles. The third-order valence-electron chi connectivity index (χ3n) is 6.01. The number of rotatable bonds is 15. The highest BCUT2D eigenvalue weighted by atomic mass is 16.5. The van der Waals surface area contributed by atoms with Crippen LogP contribution in [0.2, 0.25) is 0 Å². The van der Waals surface area contributed by atoms with E-state index in [1.54, 1.807) is 0 Å². The van der Waals surface area contributed by atoms with Gasteiger partial charge in [-0.3, -0.25) is 4.79 Å². The molecule has 3 rings (SSSR count). The van der Waals surface area contributed by atoms with Crippen molar-refractivity contribution < 1.29 is 28.3 Å². The Morgan fingerprint density at radius 1 is 0.925 bits per heavy atom. The Balaban J connectivity index is 1.50. The minimum absolute atomic E-state index is 0.0397. The van der Waals surface area contributed by atoms with E-state index >= 15 is 0 Å². The van der Waals surface area contributed by atoms with Crippen molar-refractivity contribution in [3.63, 3.8) is 0 Å². The molecule has 4 N–H and O–H groups in total. The maximum absolute atomic E-state index is 12.9. The van der Waals surface area contributed by atoms with Gasteiger partial charge in [-0.1, -0.05) is 74.5 Å². The van der Waals surface area contributed by atoms with Crippen LogP contribution in [0.4, 0.5) is 4.79 Å². The fourth-order valence-electron chi connectivity index (χ4n) is 3.92. The lowest BCUT2D eigenvalue weighted by molar-refractivity contribution is -0.147. The number of carbonyl (C=O) groups is 3. The van der Waals surface area contributed by atoms with E-state index in [2.05, 4.69) is 15.6 Å². The summed E-state index contributed by atoms with van der Waals surface area (Å²) in [5.41, 5.74) is 7.88. The van der Waals surface area contributed by atoms with Crippen molar-refractivity contribution >= 4 is 18.0 Å². The number of nitrogens with one attached hydrogen (secondary N) is 2. The van der Waals surface area contributed by atoms with E-state index in [1.165, 1.54) is 6.26 Å². The minimum atomic E-state index is -0.911. The Bertz CT molecular complexity index is 1200. The third kappa shape index (κ3) is 10.5. The van der Waals surface area contributed by atoms with Gasteiger partial charge in [-0.2, -0.15) is 0 Å². The molecular formula is C30H38N4O6. The summed E-state index contributed by atoms with van der Waals surface area (Å²) in [6.45, 7) is 4.68. The molecule has 2 unspecified atom stereocenters. The van der Waals surface area contributed by atoms with Crippen molar-refractivity contribution in [3.8, 4) is 0 Å². The van der Waals surface area contributed by atoms with Crippen LogP contribution < -0.4 is 16.4 Å². The maximum Gasteiger partial charge on any atom is 0.407 e. The number of nitrogens with zero attached hydrogens (tertiary/aromatic N) is 1. The molecule has 0 spiro atoms. The highest BCUT2D eigenvalue weighted by Crippen LogP contribution is 2.18. The van der Waals surface area contributed by atoms with Crippen LogP contribution in [0, 0.1) is 5.92 Å². The molecule has 0 saturated heterocycles. The Morgan fingerprint density at radius 3 is 2.17 bits per heavy atom. The van der Waals surface area contributed by atoms with E-state index in [0.717, 1.165) is 11.1 Å². The zero-order valence-electron chi connectivity index (χ0n) is 23.0. The van der Waals surface area contributed by atoms with E-state index in [1.807, 2.05) is 74.5 Å². The number of hydrogen-bond donors (Lipinski definition) is 3. The molecule has 10 heteroatoms. The number of esters is 1. The van der Waals surface area contributed by atoms with Crippen LogP contribution in [-0.2, 0) is 27.5 Å². The van der Waals surface area contributed by atoms with Gasteiger partial charge in [-0.05, 0) is 42.7 Å². The van der Waals surface area contributed by atoms with Crippen LogP contribution in [0.5, 0.6) is 0 Å². The summed E-state index contributed by atoms with van der Waals surface area (Å²) in [7, 11) is 0. The van der Waals surface area contributed by atoms with Gasteiger partial charge in [-0.25, -0.2) is 14.6 Å². The summed E-state index contributed by atoms with van der Waals surface area (Å²) in [6, 6.07) is 17.3. The zero-order valence-corrected chi connectivity index (χ0v) is 23.0. The molecule has 0 fully saturated rings. The average Bonchev–Trinajstić information content (AvgIpc) is 3.46. The van der Waals surface area contributed by atoms with Gasteiger partial charge < -0.3 is 30.3 Å². The molecule has 0 saturated carbocycles. The molecular weight excluding hydrogens is 512 g/mol. The van der Waals surface area contributed by atoms with Crippen LogP contribution in [-0.4, -0.2) is 35.5 Å². The lowest BCUT2D eigenvalue weighted by Crippen LogP contribution is -2.42. The highest BCUT2D eigenvalue weighted by molar-refractivity contribution is 5.94. The SMILES string of the molecule is CC(C)CC(N)c1nc(C(=O)NC(CCCCNC(=O)OCc2ccccc2)C(=O)OCc2ccccc2)co1. The molecule has 1 aromatic heterocycles. The summed E-state index contributed by atoms with van der Waals surface area (Å²) >= 11 is 0.